The molecule has 5 aliphatic carbocycles. The molecular formula is C52H56BF4O4P2Rh+. The molecule has 12 heteroatoms. The van der Waals surface area contributed by atoms with Gasteiger partial charge in [0.05, 0.1) is 44.3 Å². The first-order chi connectivity index (χ1) is 30.3. The summed E-state index contributed by atoms with van der Waals surface area (Å²) in [5.74, 6) is 3.52. The topological polar surface area (TPSA) is 36.9 Å². The minimum absolute atomic E-state index is 0. The molecule has 6 aromatic carbocycles. The quantitative estimate of drug-likeness (QED) is 0.0634. The Morgan fingerprint density at radius 1 is 0.391 bits per heavy atom. The van der Waals surface area contributed by atoms with Crippen LogP contribution in [0.25, 0.3) is 0 Å². The summed E-state index contributed by atoms with van der Waals surface area (Å²) in [7, 11) is 0.625. The van der Waals surface area contributed by atoms with E-state index < -0.39 is 23.4 Å². The van der Waals surface area contributed by atoms with Gasteiger partial charge in [-0.15, -0.1) is 0 Å². The third-order valence-electron chi connectivity index (χ3n) is 11.1. The Morgan fingerprint density at radius 2 is 0.641 bits per heavy atom. The van der Waals surface area contributed by atoms with Gasteiger partial charge in [-0.2, -0.15) is 0 Å². The fraction of sp³-hybridized carbons (Fsp3) is 0.231. The third kappa shape index (κ3) is 14.6. The van der Waals surface area contributed by atoms with Gasteiger partial charge in [-0.25, -0.2) is 0 Å². The van der Waals surface area contributed by atoms with E-state index in [0.29, 0.717) is 0 Å². The number of hydrogen-bond acceptors (Lipinski definition) is 4. The fourth-order valence-electron chi connectivity index (χ4n) is 7.86. The number of aryl methyl sites for hydroxylation is 4. The van der Waals surface area contributed by atoms with Gasteiger partial charge in [0.15, 0.2) is 0 Å². The van der Waals surface area contributed by atoms with Gasteiger partial charge < -0.3 is 23.7 Å². The van der Waals surface area contributed by atoms with Crippen LogP contribution in [0.2, 0.25) is 0 Å². The van der Waals surface area contributed by atoms with E-state index in [4.69, 9.17) is 18.9 Å². The van der Waals surface area contributed by atoms with Crippen molar-refractivity contribution in [2.45, 2.75) is 51.4 Å². The van der Waals surface area contributed by atoms with E-state index in [-0.39, 0.29) is 24.2 Å². The van der Waals surface area contributed by atoms with E-state index in [1.165, 1.54) is 79.8 Å². The van der Waals surface area contributed by atoms with Gasteiger partial charge in [-0.1, -0.05) is 48.6 Å². The van der Waals surface area contributed by atoms with Crippen LogP contribution in [0.15, 0.2) is 158 Å². The van der Waals surface area contributed by atoms with Gasteiger partial charge in [0.1, 0.15) is 54.8 Å². The van der Waals surface area contributed by atoms with Gasteiger partial charge in [0, 0.05) is 19.5 Å². The number of ether oxygens (including phenoxy) is 4. The molecular weight excluding hydrogens is 940 g/mol. The van der Waals surface area contributed by atoms with Crippen LogP contribution in [0.1, 0.15) is 47.9 Å². The number of methoxy groups -OCH3 is 4. The molecule has 0 N–H and O–H groups in total. The molecule has 0 saturated carbocycles. The van der Waals surface area contributed by atoms with Crippen LogP contribution in [-0.2, 0) is 45.2 Å². The molecule has 11 rings (SSSR count). The summed E-state index contributed by atoms with van der Waals surface area (Å²) in [4.78, 5) is 0. The normalized spacial score (nSPS) is 13.6. The van der Waals surface area contributed by atoms with Gasteiger partial charge in [-0.3, -0.25) is 12.9 Å². The Kier molecular flexibility index (Phi) is 21.8. The molecule has 0 aromatic heterocycles. The summed E-state index contributed by atoms with van der Waals surface area (Å²) in [6.45, 7) is 0. The van der Waals surface area contributed by atoms with Crippen molar-refractivity contribution in [1.29, 1.82) is 0 Å². The van der Waals surface area contributed by atoms with Crippen molar-refractivity contribution in [3.8, 4) is 23.0 Å². The zero-order valence-corrected chi connectivity index (χ0v) is 40.4. The van der Waals surface area contributed by atoms with Crippen LogP contribution >= 0.6 is 15.8 Å². The second kappa shape index (κ2) is 26.9. The summed E-state index contributed by atoms with van der Waals surface area (Å²) >= 11 is 0. The molecule has 0 aliphatic heterocycles. The van der Waals surface area contributed by atoms with Gasteiger partial charge in [-0.05, 0) is 183 Å². The van der Waals surface area contributed by atoms with E-state index in [0.717, 1.165) is 48.7 Å². The van der Waals surface area contributed by atoms with Crippen molar-refractivity contribution in [2.24, 2.45) is 0 Å². The molecule has 64 heavy (non-hydrogen) atoms. The largest absolute Gasteiger partial charge is 1.00 e. The van der Waals surface area contributed by atoms with Crippen LogP contribution in [0, 0.1) is 0 Å². The molecule has 0 fully saturated rings. The molecule has 5 aliphatic rings. The molecule has 0 spiro atoms. The average molecular weight is 997 g/mol. The molecule has 1 radical (unpaired) electrons. The molecule has 4 nitrogen and oxygen atoms in total. The van der Waals surface area contributed by atoms with E-state index in [9.17, 15) is 12.9 Å². The molecule has 0 unspecified atom stereocenters. The Balaban J connectivity index is 0.000000562. The number of allylic oxidation sites excluding steroid dienone is 4. The predicted molar refractivity (Wildman–Crippen MR) is 260 cm³/mol. The standard InChI is InChI=1S/C44H42O4P2.C8H12.BF3.FH.Rh/c1-45-35-13-21-39(22-14-35)49(40-23-15-36(46-2)16-24-40)43-29-31-5-9-33(43)11-7-32-6-10-34(12-8-31)44(30-32)50(41-25-17-37(47-3)18-26-41)42-27-19-38(48-4)20-28-42;1-2-4-6-8-7-5-3-1;2-1(3)4;;/h5-6,9-10,13-30H,7-8,11-12H2,1-4H3;1-2,7-8H,3-6H2;;1H;/p+1/b;2-1-,8-7-;;;. The van der Waals surface area contributed by atoms with E-state index in [1.54, 1.807) is 28.4 Å². The van der Waals surface area contributed by atoms with Crippen LogP contribution in [-0.4, -0.2) is 36.0 Å². The maximum Gasteiger partial charge on any atom is 0.762 e. The smallest absolute Gasteiger partial charge is 0.762 e. The van der Waals surface area contributed by atoms with Crippen LogP contribution in [0.5, 0.6) is 23.0 Å². The van der Waals surface area contributed by atoms with Crippen molar-refractivity contribution in [3.63, 3.8) is 0 Å². The summed E-state index contributed by atoms with van der Waals surface area (Å²) in [5.41, 5.74) is 5.62. The first kappa shape index (κ1) is 51.9. The maximum atomic E-state index is 9.67. The fourth-order valence-corrected chi connectivity index (χ4v) is 13.5. The molecule has 0 heterocycles. The molecule has 0 atom stereocenters. The Morgan fingerprint density at radius 3 is 0.875 bits per heavy atom. The van der Waals surface area contributed by atoms with Crippen molar-refractivity contribution >= 4 is 55.2 Å². The van der Waals surface area contributed by atoms with Gasteiger partial charge in [0.2, 0.25) is 0 Å². The number of halogens is 4. The molecule has 337 valence electrons. The molecule has 0 amide bonds. The summed E-state index contributed by atoms with van der Waals surface area (Å²) in [6.07, 6.45) is 17.9. The number of rotatable bonds is 10. The average Bonchev–Trinajstić information content (AvgIpc) is 3.28. The second-order valence-electron chi connectivity index (χ2n) is 15.0. The van der Waals surface area contributed by atoms with Gasteiger partial charge >= 0.3 is 7.54 Å². The van der Waals surface area contributed by atoms with Crippen LogP contribution in [0.4, 0.5) is 12.9 Å². The van der Waals surface area contributed by atoms with Crippen molar-refractivity contribution in [3.05, 3.63) is 180 Å². The summed E-state index contributed by atoms with van der Waals surface area (Å²) in [6, 6.07) is 49.4. The third-order valence-corrected chi connectivity index (χ3v) is 16.8. The monoisotopic (exact) mass is 996 g/mol. The van der Waals surface area contributed by atoms with Gasteiger partial charge in [0.25, 0.3) is 0 Å². The van der Waals surface area contributed by atoms with E-state index in [1.807, 2.05) is 0 Å². The zero-order valence-electron chi connectivity index (χ0n) is 36.7. The Hall–Kier alpha value is -4.73. The SMILES string of the molecule is C1=C\CC/C=C\CC/1.COc1ccc([PH+](c2ccc(OC)cc2)c2cc3ccc2CCc2ccc(c([PH+](c4ccc(OC)cc4)c4ccc(OC)cc4)c2)CC3)cc1.FB(F)F.[F-].[Rh]. The molecule has 4 bridgehead atoms. The van der Waals surface area contributed by atoms with Crippen molar-refractivity contribution in [1.82, 2.24) is 0 Å². The Labute approximate surface area is 392 Å². The molecule has 0 saturated heterocycles. The van der Waals surface area contributed by atoms with Crippen LogP contribution < -0.4 is 55.5 Å². The van der Waals surface area contributed by atoms with Crippen LogP contribution in [0.3, 0.4) is 0 Å². The maximum absolute atomic E-state index is 9.67. The minimum atomic E-state index is -3.67. The predicted octanol–water partition coefficient (Wildman–Crippen LogP) is 7.14. The van der Waals surface area contributed by atoms with E-state index in [2.05, 4.69) is 158 Å². The Bertz CT molecular complexity index is 2090. The van der Waals surface area contributed by atoms with E-state index >= 15 is 0 Å². The first-order valence-corrected chi connectivity index (χ1v) is 24.1. The molecule has 6 aromatic rings. The minimum Gasteiger partial charge on any atom is -1.00 e. The summed E-state index contributed by atoms with van der Waals surface area (Å²) in [5, 5.41) is 8.34. The second-order valence-corrected chi connectivity index (χ2v) is 19.9. The first-order valence-electron chi connectivity index (χ1n) is 21.1. The zero-order chi connectivity index (χ0) is 43.7. The summed E-state index contributed by atoms with van der Waals surface area (Å²) < 4.78 is 51.1. The number of hydrogen-bond donors (Lipinski definition) is 0. The number of benzene rings is 6. The van der Waals surface area contributed by atoms with Crippen molar-refractivity contribution in [2.75, 3.05) is 28.4 Å². The van der Waals surface area contributed by atoms with Crippen molar-refractivity contribution < 1.29 is 56.1 Å².